The van der Waals surface area contributed by atoms with Gasteiger partial charge in [-0.1, -0.05) is 12.1 Å². The number of nitrogens with two attached hydrogens (primary N) is 1. The lowest BCUT2D eigenvalue weighted by Crippen LogP contribution is -2.40. The minimum Gasteiger partial charge on any atom is -0.329 e. The summed E-state index contributed by atoms with van der Waals surface area (Å²) in [5, 5.41) is 7.87. The second-order valence-electron chi connectivity index (χ2n) is 4.81. The van der Waals surface area contributed by atoms with Crippen LogP contribution in [0.2, 0.25) is 0 Å². The van der Waals surface area contributed by atoms with Crippen molar-refractivity contribution in [3.8, 4) is 0 Å². The highest BCUT2D eigenvalue weighted by molar-refractivity contribution is 5.23. The number of hydrogen-bond donors (Lipinski definition) is 1. The molecule has 0 saturated carbocycles. The van der Waals surface area contributed by atoms with E-state index in [1.807, 2.05) is 9.47 Å². The van der Waals surface area contributed by atoms with E-state index in [0.717, 1.165) is 18.4 Å². The molecule has 0 amide bonds. The Balaban J connectivity index is 1.89. The van der Waals surface area contributed by atoms with Gasteiger partial charge in [-0.05, 0) is 6.07 Å². The minimum absolute atomic E-state index is 0.217. The molecule has 1 aliphatic heterocycles. The summed E-state index contributed by atoms with van der Waals surface area (Å²) < 4.78 is 29.3. The van der Waals surface area contributed by atoms with Gasteiger partial charge >= 0.3 is 0 Å². The Kier molecular flexibility index (Phi) is 3.45. The van der Waals surface area contributed by atoms with Gasteiger partial charge in [-0.15, -0.1) is 10.2 Å². The van der Waals surface area contributed by atoms with Crippen molar-refractivity contribution in [3.05, 3.63) is 47.5 Å². The van der Waals surface area contributed by atoms with Gasteiger partial charge in [0, 0.05) is 25.2 Å². The molecule has 3 rings (SSSR count). The zero-order valence-corrected chi connectivity index (χ0v) is 10.8. The van der Waals surface area contributed by atoms with E-state index in [1.165, 1.54) is 6.07 Å². The molecule has 1 aromatic carbocycles. The predicted octanol–water partition coefficient (Wildman–Crippen LogP) is 1.07. The molecule has 1 aromatic heterocycles. The zero-order chi connectivity index (χ0) is 14.1. The molecule has 0 fully saturated rings. The number of nitrogens with zero attached hydrogens (tertiary/aromatic N) is 4. The van der Waals surface area contributed by atoms with Crippen LogP contribution in [0.25, 0.3) is 0 Å². The molecule has 0 aliphatic carbocycles. The summed E-state index contributed by atoms with van der Waals surface area (Å²) >= 11 is 0. The van der Waals surface area contributed by atoms with Gasteiger partial charge in [0.2, 0.25) is 0 Å². The van der Waals surface area contributed by atoms with Crippen molar-refractivity contribution in [2.24, 2.45) is 5.73 Å². The van der Waals surface area contributed by atoms with Crippen LogP contribution in [0, 0.1) is 11.6 Å². The maximum absolute atomic E-state index is 13.9. The van der Waals surface area contributed by atoms with Gasteiger partial charge in [0.05, 0.1) is 12.6 Å². The van der Waals surface area contributed by atoms with Crippen LogP contribution in [0.1, 0.15) is 17.4 Å². The molecule has 5 nitrogen and oxygen atoms in total. The maximum atomic E-state index is 13.9. The minimum atomic E-state index is -0.846. The van der Waals surface area contributed by atoms with Gasteiger partial charge in [-0.25, -0.2) is 8.78 Å². The van der Waals surface area contributed by atoms with Crippen molar-refractivity contribution in [2.75, 3.05) is 13.1 Å². The largest absolute Gasteiger partial charge is 0.329 e. The first kappa shape index (κ1) is 13.1. The lowest BCUT2D eigenvalue weighted by atomic mass is 10.0. The topological polar surface area (TPSA) is 60.0 Å². The van der Waals surface area contributed by atoms with Crippen molar-refractivity contribution >= 4 is 0 Å². The van der Waals surface area contributed by atoms with E-state index in [0.29, 0.717) is 18.7 Å². The van der Waals surface area contributed by atoms with E-state index >= 15 is 0 Å². The molecule has 0 radical (unpaired) electrons. The number of benzene rings is 1. The summed E-state index contributed by atoms with van der Waals surface area (Å²) in [5.74, 6) is -0.859. The molecule has 2 aromatic rings. The third-order valence-electron chi connectivity index (χ3n) is 3.67. The van der Waals surface area contributed by atoms with Crippen LogP contribution in [-0.2, 0) is 13.1 Å². The predicted molar refractivity (Wildman–Crippen MR) is 68.6 cm³/mol. The second-order valence-corrected chi connectivity index (χ2v) is 4.81. The second kappa shape index (κ2) is 5.26. The average molecular weight is 279 g/mol. The highest BCUT2D eigenvalue weighted by Crippen LogP contribution is 2.26. The van der Waals surface area contributed by atoms with Crippen molar-refractivity contribution in [1.29, 1.82) is 0 Å². The molecule has 1 unspecified atom stereocenters. The third kappa shape index (κ3) is 2.19. The third-order valence-corrected chi connectivity index (χ3v) is 3.67. The Morgan fingerprint density at radius 3 is 2.95 bits per heavy atom. The first-order valence-corrected chi connectivity index (χ1v) is 6.45. The van der Waals surface area contributed by atoms with E-state index in [-0.39, 0.29) is 12.6 Å². The molecule has 0 spiro atoms. The van der Waals surface area contributed by atoms with E-state index < -0.39 is 11.6 Å². The van der Waals surface area contributed by atoms with Gasteiger partial charge in [-0.2, -0.15) is 0 Å². The number of halogens is 2. The average Bonchev–Trinajstić information content (AvgIpc) is 2.92. The van der Waals surface area contributed by atoms with Crippen LogP contribution >= 0.6 is 0 Å². The van der Waals surface area contributed by atoms with Crippen LogP contribution in [0.15, 0.2) is 24.5 Å². The monoisotopic (exact) mass is 279 g/mol. The van der Waals surface area contributed by atoms with E-state index in [4.69, 9.17) is 5.73 Å². The van der Waals surface area contributed by atoms with Gasteiger partial charge in [0.25, 0.3) is 0 Å². The Morgan fingerprint density at radius 1 is 1.30 bits per heavy atom. The lowest BCUT2D eigenvalue weighted by Gasteiger charge is -2.34. The standard InChI is InChI=1S/C13H15F2N5/c14-10-3-1-2-9(13(10)15)11(6-16)19-4-5-20-8-17-18-12(20)7-19/h1-3,8,11H,4-7,16H2. The first-order valence-electron chi connectivity index (χ1n) is 6.45. The quantitative estimate of drug-likeness (QED) is 0.913. The SMILES string of the molecule is NCC(c1cccc(F)c1F)N1CCn2cnnc2C1. The summed E-state index contributed by atoms with van der Waals surface area (Å²) in [6.07, 6.45) is 1.67. The summed E-state index contributed by atoms with van der Waals surface area (Å²) in [5.41, 5.74) is 6.07. The van der Waals surface area contributed by atoms with Crippen molar-refractivity contribution < 1.29 is 8.78 Å². The maximum Gasteiger partial charge on any atom is 0.163 e. The van der Waals surface area contributed by atoms with E-state index in [9.17, 15) is 8.78 Å². The van der Waals surface area contributed by atoms with E-state index in [2.05, 4.69) is 10.2 Å². The van der Waals surface area contributed by atoms with Crippen molar-refractivity contribution in [1.82, 2.24) is 19.7 Å². The van der Waals surface area contributed by atoms with Crippen LogP contribution < -0.4 is 5.73 Å². The van der Waals surface area contributed by atoms with Gasteiger partial charge in [0.1, 0.15) is 12.2 Å². The number of hydrogen-bond acceptors (Lipinski definition) is 4. The van der Waals surface area contributed by atoms with Crippen LogP contribution in [-0.4, -0.2) is 32.8 Å². The number of rotatable bonds is 3. The summed E-state index contributed by atoms with van der Waals surface area (Å²) in [7, 11) is 0. The van der Waals surface area contributed by atoms with Crippen LogP contribution in [0.3, 0.4) is 0 Å². The normalized spacial score (nSPS) is 16.9. The molecule has 2 N–H and O–H groups in total. The first-order chi connectivity index (χ1) is 9.70. The molecule has 0 bridgehead atoms. The molecule has 106 valence electrons. The van der Waals surface area contributed by atoms with Gasteiger partial charge in [0.15, 0.2) is 11.6 Å². The van der Waals surface area contributed by atoms with Crippen LogP contribution in [0.5, 0.6) is 0 Å². The van der Waals surface area contributed by atoms with Gasteiger partial charge < -0.3 is 10.3 Å². The summed E-state index contributed by atoms with van der Waals surface area (Å²) in [6.45, 7) is 2.16. The number of aromatic nitrogens is 3. The fourth-order valence-electron chi connectivity index (χ4n) is 2.60. The van der Waals surface area contributed by atoms with Gasteiger partial charge in [-0.3, -0.25) is 4.90 Å². The van der Waals surface area contributed by atoms with E-state index in [1.54, 1.807) is 12.4 Å². The van der Waals surface area contributed by atoms with Crippen molar-refractivity contribution in [2.45, 2.75) is 19.1 Å². The summed E-state index contributed by atoms with van der Waals surface area (Å²) in [6, 6.07) is 3.83. The molecule has 20 heavy (non-hydrogen) atoms. The van der Waals surface area contributed by atoms with Crippen molar-refractivity contribution in [3.63, 3.8) is 0 Å². The molecule has 1 aliphatic rings. The summed E-state index contributed by atoms with van der Waals surface area (Å²) in [4.78, 5) is 2.00. The molecular formula is C13H15F2N5. The number of fused-ring (bicyclic) bond motifs is 1. The Bertz CT molecular complexity index is 613. The smallest absolute Gasteiger partial charge is 0.163 e. The Hall–Kier alpha value is -1.86. The molecule has 1 atom stereocenters. The molecular weight excluding hydrogens is 264 g/mol. The van der Waals surface area contributed by atoms with Crippen LogP contribution in [0.4, 0.5) is 8.78 Å². The Morgan fingerprint density at radius 2 is 2.15 bits per heavy atom. The molecule has 0 saturated heterocycles. The molecule has 7 heteroatoms. The highest BCUT2D eigenvalue weighted by atomic mass is 19.2. The fourth-order valence-corrected chi connectivity index (χ4v) is 2.60. The zero-order valence-electron chi connectivity index (χ0n) is 10.8. The highest BCUT2D eigenvalue weighted by Gasteiger charge is 2.27. The Labute approximate surface area is 115 Å². The lowest BCUT2D eigenvalue weighted by molar-refractivity contribution is 0.153. The molecule has 2 heterocycles. The fraction of sp³-hybridized carbons (Fsp3) is 0.385.